The average Bonchev–Trinajstić information content (AvgIpc) is 2.18. The maximum absolute atomic E-state index is 11.3. The first kappa shape index (κ1) is 11.6. The molecular weight excluding hydrogens is 216 g/mol. The molecule has 0 saturated carbocycles. The fourth-order valence-corrected chi connectivity index (χ4v) is 2.35. The minimum absolute atomic E-state index is 0.590. The van der Waals surface area contributed by atoms with Gasteiger partial charge < -0.3 is 0 Å². The van der Waals surface area contributed by atoms with Crippen molar-refractivity contribution >= 4 is 21.6 Å². The van der Waals surface area contributed by atoms with E-state index in [0.29, 0.717) is 11.5 Å². The Kier molecular flexibility index (Phi) is 4.48. The highest BCUT2D eigenvalue weighted by molar-refractivity contribution is 7.84. The Labute approximate surface area is 89.6 Å². The highest BCUT2D eigenvalue weighted by atomic mass is 32.2. The van der Waals surface area contributed by atoms with Gasteiger partial charge in [-0.3, -0.25) is 8.42 Å². The molecule has 0 aromatic heterocycles. The van der Waals surface area contributed by atoms with E-state index in [1.165, 1.54) is 0 Å². The molecule has 1 aromatic carbocycles. The third-order valence-corrected chi connectivity index (χ3v) is 4.14. The summed E-state index contributed by atoms with van der Waals surface area (Å²) in [5, 5.41) is 0. The van der Waals surface area contributed by atoms with Gasteiger partial charge in [0, 0.05) is 44.3 Å². The molecule has 0 saturated heterocycles. The zero-order valence-corrected chi connectivity index (χ0v) is 9.99. The molecule has 0 bridgehead atoms. The van der Waals surface area contributed by atoms with Crippen molar-refractivity contribution in [2.45, 2.75) is 17.6 Å². The summed E-state index contributed by atoms with van der Waals surface area (Å²) in [7, 11) is -1.70. The molecule has 0 fully saturated rings. The lowest BCUT2D eigenvalue weighted by Gasteiger charge is -2.01. The van der Waals surface area contributed by atoms with Crippen molar-refractivity contribution in [2.24, 2.45) is 0 Å². The quantitative estimate of drug-likeness (QED) is 0.789. The second-order valence-electron chi connectivity index (χ2n) is 2.97. The zero-order chi connectivity index (χ0) is 10.6. The van der Waals surface area contributed by atoms with E-state index >= 15 is 0 Å². The fraction of sp³-hybridized carbons (Fsp3) is 0.400. The van der Waals surface area contributed by atoms with Gasteiger partial charge in [0.05, 0.1) is 0 Å². The minimum Gasteiger partial charge on any atom is -0.259 e. The van der Waals surface area contributed by atoms with Gasteiger partial charge in [-0.15, -0.1) is 0 Å². The van der Waals surface area contributed by atoms with Gasteiger partial charge in [-0.25, -0.2) is 0 Å². The topological polar surface area (TPSA) is 34.1 Å². The molecule has 0 heterocycles. The number of hydrogen-bond acceptors (Lipinski definition) is 2. The van der Waals surface area contributed by atoms with Gasteiger partial charge in [-0.1, -0.05) is 19.1 Å². The molecule has 1 aromatic rings. The molecule has 1 rings (SSSR count). The van der Waals surface area contributed by atoms with Crippen LogP contribution in [0.1, 0.15) is 12.5 Å². The van der Waals surface area contributed by atoms with E-state index < -0.39 is 21.6 Å². The van der Waals surface area contributed by atoms with Crippen LogP contribution in [0, 0.1) is 0 Å². The van der Waals surface area contributed by atoms with Gasteiger partial charge >= 0.3 is 0 Å². The van der Waals surface area contributed by atoms with Crippen molar-refractivity contribution < 1.29 is 8.42 Å². The molecule has 4 heteroatoms. The number of rotatable bonds is 4. The second-order valence-corrected chi connectivity index (χ2v) is 6.10. The van der Waals surface area contributed by atoms with E-state index in [-0.39, 0.29) is 0 Å². The Morgan fingerprint density at radius 2 is 1.71 bits per heavy atom. The lowest BCUT2D eigenvalue weighted by Crippen LogP contribution is -1.97. The Balaban J connectivity index is 2.73. The van der Waals surface area contributed by atoms with Crippen LogP contribution in [0.5, 0.6) is 0 Å². The summed E-state index contributed by atoms with van der Waals surface area (Å²) in [5.74, 6) is 1.27. The van der Waals surface area contributed by atoms with Crippen LogP contribution in [0.4, 0.5) is 0 Å². The molecule has 0 spiro atoms. The number of hydrogen-bond donors (Lipinski definition) is 0. The first-order valence-corrected chi connectivity index (χ1v) is 7.45. The molecule has 2 nitrogen and oxygen atoms in total. The SMILES string of the molecule is CCS(=O)Cc1ccc(S(C)=O)cc1. The summed E-state index contributed by atoms with van der Waals surface area (Å²) in [6.07, 6.45) is 1.65. The van der Waals surface area contributed by atoms with Crippen molar-refractivity contribution in [1.82, 2.24) is 0 Å². The van der Waals surface area contributed by atoms with E-state index in [1.54, 1.807) is 6.26 Å². The Hall–Kier alpha value is -0.480. The highest BCUT2D eigenvalue weighted by Gasteiger charge is 2.00. The largest absolute Gasteiger partial charge is 0.259 e. The van der Waals surface area contributed by atoms with Crippen LogP contribution in [-0.2, 0) is 27.4 Å². The summed E-state index contributed by atoms with van der Waals surface area (Å²) in [6, 6.07) is 7.45. The first-order valence-electron chi connectivity index (χ1n) is 4.41. The van der Waals surface area contributed by atoms with Crippen molar-refractivity contribution in [2.75, 3.05) is 12.0 Å². The lowest BCUT2D eigenvalue weighted by atomic mass is 10.2. The van der Waals surface area contributed by atoms with E-state index in [1.807, 2.05) is 31.2 Å². The van der Waals surface area contributed by atoms with E-state index in [2.05, 4.69) is 0 Å². The van der Waals surface area contributed by atoms with E-state index in [0.717, 1.165) is 10.5 Å². The monoisotopic (exact) mass is 230 g/mol. The van der Waals surface area contributed by atoms with Crippen LogP contribution in [0.2, 0.25) is 0 Å². The smallest absolute Gasteiger partial charge is 0.0498 e. The van der Waals surface area contributed by atoms with Gasteiger partial charge in [0.15, 0.2) is 0 Å². The van der Waals surface area contributed by atoms with E-state index in [9.17, 15) is 8.42 Å². The molecule has 2 atom stereocenters. The molecule has 2 unspecified atom stereocenters. The predicted molar refractivity (Wildman–Crippen MR) is 61.2 cm³/mol. The summed E-state index contributed by atoms with van der Waals surface area (Å²) >= 11 is 0. The molecule has 0 aliphatic carbocycles. The van der Waals surface area contributed by atoms with Crippen molar-refractivity contribution in [1.29, 1.82) is 0 Å². The molecule has 0 amide bonds. The predicted octanol–water partition coefficient (Wildman–Crippen LogP) is 1.69. The summed E-state index contributed by atoms with van der Waals surface area (Å²) in [5.41, 5.74) is 1.04. The molecule has 0 aliphatic heterocycles. The fourth-order valence-electron chi connectivity index (χ4n) is 1.07. The van der Waals surface area contributed by atoms with Crippen LogP contribution < -0.4 is 0 Å². The Bertz CT molecular complexity index is 344. The third kappa shape index (κ3) is 3.35. The number of benzene rings is 1. The van der Waals surface area contributed by atoms with Crippen LogP contribution >= 0.6 is 0 Å². The first-order chi connectivity index (χ1) is 6.63. The van der Waals surface area contributed by atoms with Crippen molar-refractivity contribution in [3.8, 4) is 0 Å². The zero-order valence-electron chi connectivity index (χ0n) is 8.36. The van der Waals surface area contributed by atoms with Crippen LogP contribution in [-0.4, -0.2) is 20.4 Å². The normalized spacial score (nSPS) is 15.0. The summed E-state index contributed by atoms with van der Waals surface area (Å²) in [4.78, 5) is 0.816. The van der Waals surface area contributed by atoms with Crippen molar-refractivity contribution in [3.05, 3.63) is 29.8 Å². The van der Waals surface area contributed by atoms with Crippen molar-refractivity contribution in [3.63, 3.8) is 0 Å². The third-order valence-electron chi connectivity index (χ3n) is 1.90. The highest BCUT2D eigenvalue weighted by Crippen LogP contribution is 2.09. The molecule has 14 heavy (non-hydrogen) atoms. The maximum Gasteiger partial charge on any atom is 0.0498 e. The Morgan fingerprint density at radius 3 is 2.14 bits per heavy atom. The van der Waals surface area contributed by atoms with Gasteiger partial charge in [0.25, 0.3) is 0 Å². The maximum atomic E-state index is 11.3. The van der Waals surface area contributed by atoms with Gasteiger partial charge in [-0.05, 0) is 17.7 Å². The van der Waals surface area contributed by atoms with E-state index in [4.69, 9.17) is 0 Å². The van der Waals surface area contributed by atoms with Crippen LogP contribution in [0.25, 0.3) is 0 Å². The standard InChI is InChI=1S/C10H14O2S2/c1-3-14(12)8-9-4-6-10(7-5-9)13(2)11/h4-7H,3,8H2,1-2H3. The molecule has 0 N–H and O–H groups in total. The minimum atomic E-state index is -0.928. The average molecular weight is 230 g/mol. The lowest BCUT2D eigenvalue weighted by molar-refractivity contribution is 0.683. The van der Waals surface area contributed by atoms with Gasteiger partial charge in [0.2, 0.25) is 0 Å². The molecular formula is C10H14O2S2. The summed E-state index contributed by atoms with van der Waals surface area (Å²) in [6.45, 7) is 1.91. The molecule has 0 radical (unpaired) electrons. The molecule has 78 valence electrons. The van der Waals surface area contributed by atoms with Gasteiger partial charge in [-0.2, -0.15) is 0 Å². The van der Waals surface area contributed by atoms with Crippen LogP contribution in [0.15, 0.2) is 29.2 Å². The second kappa shape index (κ2) is 5.41. The van der Waals surface area contributed by atoms with Crippen LogP contribution in [0.3, 0.4) is 0 Å². The summed E-state index contributed by atoms with van der Waals surface area (Å²) < 4.78 is 22.3. The molecule has 0 aliphatic rings. The van der Waals surface area contributed by atoms with Gasteiger partial charge in [0.1, 0.15) is 0 Å². The Morgan fingerprint density at radius 1 is 1.14 bits per heavy atom.